The second kappa shape index (κ2) is 3.90. The van der Waals surface area contributed by atoms with E-state index in [0.717, 1.165) is 10.9 Å². The molecule has 0 aliphatic rings. The zero-order chi connectivity index (χ0) is 9.14. The van der Waals surface area contributed by atoms with Crippen LogP contribution < -0.4 is 5.56 Å². The van der Waals surface area contributed by atoms with Gasteiger partial charge in [-0.05, 0) is 35.3 Å². The molecule has 1 rings (SSSR count). The molecule has 66 valence electrons. The van der Waals surface area contributed by atoms with E-state index >= 15 is 0 Å². The van der Waals surface area contributed by atoms with Crippen molar-refractivity contribution in [1.29, 1.82) is 0 Å². The molecule has 2 nitrogen and oxygen atoms in total. The molecule has 0 bridgehead atoms. The molecule has 0 amide bonds. The van der Waals surface area contributed by atoms with E-state index in [4.69, 9.17) is 0 Å². The molecule has 0 saturated carbocycles. The molecule has 12 heavy (non-hydrogen) atoms. The van der Waals surface area contributed by atoms with Crippen LogP contribution in [0.3, 0.4) is 0 Å². The normalized spacial score (nSPS) is 12.9. The van der Waals surface area contributed by atoms with Crippen LogP contribution in [0.2, 0.25) is 0 Å². The molecule has 1 atom stereocenters. The maximum atomic E-state index is 11.3. The molecule has 0 radical (unpaired) electrons. The number of nitrogens with zero attached hydrogens (tertiary/aromatic N) is 1. The summed E-state index contributed by atoms with van der Waals surface area (Å²) < 4.78 is 2.69. The van der Waals surface area contributed by atoms with Crippen molar-refractivity contribution in [3.05, 3.63) is 33.2 Å². The minimum atomic E-state index is 0.0625. The van der Waals surface area contributed by atoms with Gasteiger partial charge in [0.15, 0.2) is 0 Å². The molecule has 1 aromatic rings. The molecule has 0 aromatic carbocycles. The van der Waals surface area contributed by atoms with E-state index in [-0.39, 0.29) is 11.6 Å². The summed E-state index contributed by atoms with van der Waals surface area (Å²) >= 11 is 3.33. The monoisotopic (exact) mass is 229 g/mol. The quantitative estimate of drug-likeness (QED) is 0.765. The average molecular weight is 230 g/mol. The first kappa shape index (κ1) is 9.52. The molecule has 3 heteroatoms. The molecule has 0 saturated heterocycles. The van der Waals surface area contributed by atoms with Gasteiger partial charge in [0.25, 0.3) is 5.56 Å². The number of halogens is 1. The van der Waals surface area contributed by atoms with Crippen LogP contribution in [-0.4, -0.2) is 4.57 Å². The van der Waals surface area contributed by atoms with Crippen molar-refractivity contribution < 1.29 is 0 Å². The smallest absolute Gasteiger partial charge is 0.250 e. The number of hydrogen-bond acceptors (Lipinski definition) is 1. The first-order valence-corrected chi connectivity index (χ1v) is 4.82. The highest BCUT2D eigenvalue weighted by molar-refractivity contribution is 9.10. The summed E-state index contributed by atoms with van der Waals surface area (Å²) in [7, 11) is 0. The lowest BCUT2D eigenvalue weighted by atomic mass is 10.2. The van der Waals surface area contributed by atoms with Crippen LogP contribution in [0.5, 0.6) is 0 Å². The Morgan fingerprint density at radius 2 is 2.25 bits per heavy atom. The van der Waals surface area contributed by atoms with Crippen LogP contribution in [-0.2, 0) is 0 Å². The fraction of sp³-hybridized carbons (Fsp3) is 0.444. The van der Waals surface area contributed by atoms with E-state index in [9.17, 15) is 4.79 Å². The Kier molecular flexibility index (Phi) is 3.09. The van der Waals surface area contributed by atoms with E-state index in [1.54, 1.807) is 16.7 Å². The van der Waals surface area contributed by atoms with Crippen LogP contribution >= 0.6 is 15.9 Å². The molecular weight excluding hydrogens is 218 g/mol. The van der Waals surface area contributed by atoms with Gasteiger partial charge in [-0.25, -0.2) is 0 Å². The van der Waals surface area contributed by atoms with Crippen molar-refractivity contribution in [3.63, 3.8) is 0 Å². The van der Waals surface area contributed by atoms with Gasteiger partial charge in [-0.3, -0.25) is 4.79 Å². The predicted octanol–water partition coefficient (Wildman–Crippen LogP) is 2.58. The Morgan fingerprint density at radius 1 is 1.58 bits per heavy atom. The van der Waals surface area contributed by atoms with Crippen LogP contribution in [0.4, 0.5) is 0 Å². The second-order valence-electron chi connectivity index (χ2n) is 2.85. The van der Waals surface area contributed by atoms with Crippen LogP contribution in [0.1, 0.15) is 26.3 Å². The Morgan fingerprint density at radius 3 is 2.83 bits per heavy atom. The molecule has 1 unspecified atom stereocenters. The SMILES string of the molecule is CCC(C)n1cc(Br)ccc1=O. The van der Waals surface area contributed by atoms with Gasteiger partial charge >= 0.3 is 0 Å². The molecule has 0 aliphatic carbocycles. The highest BCUT2D eigenvalue weighted by Crippen LogP contribution is 2.11. The second-order valence-corrected chi connectivity index (χ2v) is 3.77. The van der Waals surface area contributed by atoms with Crippen molar-refractivity contribution in [3.8, 4) is 0 Å². The van der Waals surface area contributed by atoms with Crippen LogP contribution in [0.25, 0.3) is 0 Å². The fourth-order valence-electron chi connectivity index (χ4n) is 1.02. The Hall–Kier alpha value is -0.570. The summed E-state index contributed by atoms with van der Waals surface area (Å²) in [6.07, 6.45) is 2.80. The van der Waals surface area contributed by atoms with Gasteiger partial charge < -0.3 is 4.57 Å². The van der Waals surface area contributed by atoms with E-state index in [2.05, 4.69) is 22.9 Å². The summed E-state index contributed by atoms with van der Waals surface area (Å²) in [5.41, 5.74) is 0.0625. The first-order valence-electron chi connectivity index (χ1n) is 4.03. The molecule has 0 aliphatic heterocycles. The maximum Gasteiger partial charge on any atom is 0.250 e. The maximum absolute atomic E-state index is 11.3. The van der Waals surface area contributed by atoms with Gasteiger partial charge in [-0.2, -0.15) is 0 Å². The Balaban J connectivity index is 3.13. The van der Waals surface area contributed by atoms with Gasteiger partial charge in [0, 0.05) is 22.8 Å². The van der Waals surface area contributed by atoms with Gasteiger partial charge in [0.05, 0.1) is 0 Å². The Bertz CT molecular complexity index is 319. The number of pyridine rings is 1. The Labute approximate surface area is 80.3 Å². The number of aromatic nitrogens is 1. The summed E-state index contributed by atoms with van der Waals surface area (Å²) in [6.45, 7) is 4.10. The highest BCUT2D eigenvalue weighted by Gasteiger charge is 2.02. The van der Waals surface area contributed by atoms with Crippen molar-refractivity contribution in [2.24, 2.45) is 0 Å². The first-order chi connectivity index (χ1) is 5.65. The predicted molar refractivity (Wildman–Crippen MR) is 53.4 cm³/mol. The summed E-state index contributed by atoms with van der Waals surface area (Å²) in [4.78, 5) is 11.3. The zero-order valence-electron chi connectivity index (χ0n) is 7.25. The summed E-state index contributed by atoms with van der Waals surface area (Å²) in [5.74, 6) is 0. The van der Waals surface area contributed by atoms with Crippen molar-refractivity contribution >= 4 is 15.9 Å². The third kappa shape index (κ3) is 1.97. The zero-order valence-corrected chi connectivity index (χ0v) is 8.84. The minimum absolute atomic E-state index is 0.0625. The standard InChI is InChI=1S/C9H12BrNO/c1-3-7(2)11-6-8(10)4-5-9(11)12/h4-7H,3H2,1-2H3. The van der Waals surface area contributed by atoms with Crippen molar-refractivity contribution in [2.75, 3.05) is 0 Å². The van der Waals surface area contributed by atoms with E-state index in [1.165, 1.54) is 0 Å². The van der Waals surface area contributed by atoms with E-state index < -0.39 is 0 Å². The molecular formula is C9H12BrNO. The molecule has 0 spiro atoms. The number of rotatable bonds is 2. The number of hydrogen-bond donors (Lipinski definition) is 0. The summed E-state index contributed by atoms with van der Waals surface area (Å²) in [6, 6.07) is 3.62. The lowest BCUT2D eigenvalue weighted by Crippen LogP contribution is -2.21. The molecule has 1 heterocycles. The van der Waals surface area contributed by atoms with Crippen LogP contribution in [0.15, 0.2) is 27.6 Å². The van der Waals surface area contributed by atoms with Gasteiger partial charge in [0.1, 0.15) is 0 Å². The van der Waals surface area contributed by atoms with Crippen molar-refractivity contribution in [1.82, 2.24) is 4.57 Å². The van der Waals surface area contributed by atoms with Gasteiger partial charge in [0.2, 0.25) is 0 Å². The fourth-order valence-corrected chi connectivity index (χ4v) is 1.37. The largest absolute Gasteiger partial charge is 0.312 e. The highest BCUT2D eigenvalue weighted by atomic mass is 79.9. The van der Waals surface area contributed by atoms with E-state index in [0.29, 0.717) is 0 Å². The third-order valence-corrected chi connectivity index (χ3v) is 2.44. The van der Waals surface area contributed by atoms with Gasteiger partial charge in [-0.15, -0.1) is 0 Å². The van der Waals surface area contributed by atoms with E-state index in [1.807, 2.05) is 13.1 Å². The molecule has 1 aromatic heterocycles. The third-order valence-electron chi connectivity index (χ3n) is 1.97. The summed E-state index contributed by atoms with van der Waals surface area (Å²) in [5, 5.41) is 0. The van der Waals surface area contributed by atoms with Gasteiger partial charge in [-0.1, -0.05) is 6.92 Å². The van der Waals surface area contributed by atoms with Crippen LogP contribution in [0, 0.1) is 0 Å². The molecule has 0 fully saturated rings. The lowest BCUT2D eigenvalue weighted by molar-refractivity contribution is 0.513. The molecule has 0 N–H and O–H groups in total. The minimum Gasteiger partial charge on any atom is -0.312 e. The lowest BCUT2D eigenvalue weighted by Gasteiger charge is -2.12. The van der Waals surface area contributed by atoms with Crippen molar-refractivity contribution in [2.45, 2.75) is 26.3 Å². The topological polar surface area (TPSA) is 22.0 Å². The average Bonchev–Trinajstić information content (AvgIpc) is 2.08.